The number of carbonyl (C=O) groups is 3. The molecular formula is C16H19N5O6S. The van der Waals surface area contributed by atoms with Crippen LogP contribution in [0.4, 0.5) is 5.82 Å². The molecule has 12 heteroatoms. The second kappa shape index (κ2) is 9.26. The van der Waals surface area contributed by atoms with E-state index in [0.717, 1.165) is 0 Å². The number of hydrogen-bond donors (Lipinski definition) is 1. The third-order valence-electron chi connectivity index (χ3n) is 3.30. The molecule has 2 N–H and O–H groups in total. The van der Waals surface area contributed by atoms with Gasteiger partial charge in [0.1, 0.15) is 12.3 Å². The van der Waals surface area contributed by atoms with Gasteiger partial charge >= 0.3 is 17.9 Å². The third kappa shape index (κ3) is 5.49. The number of aromatic nitrogens is 4. The van der Waals surface area contributed by atoms with E-state index in [-0.39, 0.29) is 29.3 Å². The van der Waals surface area contributed by atoms with Gasteiger partial charge in [-0.15, -0.1) is 0 Å². The lowest BCUT2D eigenvalue weighted by Crippen LogP contribution is -2.33. The monoisotopic (exact) mass is 409 g/mol. The minimum Gasteiger partial charge on any atom is -0.462 e. The van der Waals surface area contributed by atoms with Gasteiger partial charge in [0.15, 0.2) is 34.3 Å². The predicted octanol–water partition coefficient (Wildman–Crippen LogP) is 0.823. The second-order valence-corrected chi connectivity index (χ2v) is 6.32. The molecule has 150 valence electrons. The highest BCUT2D eigenvalue weighted by atomic mass is 32.2. The number of anilines is 1. The van der Waals surface area contributed by atoms with Crippen LogP contribution in [0, 0.1) is 0 Å². The molecule has 2 unspecified atom stereocenters. The summed E-state index contributed by atoms with van der Waals surface area (Å²) in [7, 11) is 0. The number of esters is 3. The number of nitrogen functional groups attached to an aromatic ring is 1. The summed E-state index contributed by atoms with van der Waals surface area (Å²) in [6, 6.07) is 0. The molecule has 2 aromatic heterocycles. The first-order chi connectivity index (χ1) is 13.2. The Balaban J connectivity index is 2.49. The summed E-state index contributed by atoms with van der Waals surface area (Å²) in [6.45, 7) is 3.21. The molecule has 0 saturated heterocycles. The van der Waals surface area contributed by atoms with Gasteiger partial charge in [-0.05, 0) is 6.26 Å². The summed E-state index contributed by atoms with van der Waals surface area (Å²) in [5.74, 6) is -1.82. The van der Waals surface area contributed by atoms with E-state index < -0.39 is 30.1 Å². The van der Waals surface area contributed by atoms with Crippen LogP contribution in [0.1, 0.15) is 32.6 Å². The standard InChI is InChI=1S/C16H19N5O6S/c1-7(22)25-6-11(26-8(2)23)13(27-9(3)24)10-5-18-15-12(19-10)14(17)20-16(21-15)28-4/h5,11,13H,6H2,1-4H3,(H2,17,18,20,21). The first-order valence-corrected chi connectivity index (χ1v) is 9.25. The molecule has 0 bridgehead atoms. The average molecular weight is 409 g/mol. The predicted molar refractivity (Wildman–Crippen MR) is 98.0 cm³/mol. The van der Waals surface area contributed by atoms with Crippen molar-refractivity contribution in [2.75, 3.05) is 18.6 Å². The van der Waals surface area contributed by atoms with Crippen molar-refractivity contribution in [2.45, 2.75) is 38.1 Å². The quantitative estimate of drug-likeness (QED) is 0.297. The number of thioether (sulfide) groups is 1. The number of carbonyl (C=O) groups excluding carboxylic acids is 3. The lowest BCUT2D eigenvalue weighted by Gasteiger charge is -2.25. The van der Waals surface area contributed by atoms with Gasteiger partial charge in [0.2, 0.25) is 0 Å². The molecule has 0 radical (unpaired) electrons. The van der Waals surface area contributed by atoms with E-state index in [1.54, 1.807) is 6.26 Å². The van der Waals surface area contributed by atoms with Gasteiger partial charge in [0, 0.05) is 20.8 Å². The molecule has 0 spiro atoms. The largest absolute Gasteiger partial charge is 0.462 e. The summed E-state index contributed by atoms with van der Waals surface area (Å²) < 4.78 is 15.4. The van der Waals surface area contributed by atoms with Crippen molar-refractivity contribution in [1.29, 1.82) is 0 Å². The molecule has 2 atom stereocenters. The zero-order valence-corrected chi connectivity index (χ0v) is 16.5. The Kier molecular flexibility index (Phi) is 7.04. The maximum Gasteiger partial charge on any atom is 0.303 e. The molecule has 2 rings (SSSR count). The topological polar surface area (TPSA) is 156 Å². The Hall–Kier alpha value is -3.02. The Labute approximate surface area is 164 Å². The van der Waals surface area contributed by atoms with E-state index in [0.29, 0.717) is 5.16 Å². The molecule has 0 aliphatic heterocycles. The van der Waals surface area contributed by atoms with E-state index in [9.17, 15) is 14.4 Å². The summed E-state index contributed by atoms with van der Waals surface area (Å²) >= 11 is 1.29. The lowest BCUT2D eigenvalue weighted by atomic mass is 10.1. The van der Waals surface area contributed by atoms with Crippen molar-refractivity contribution in [3.63, 3.8) is 0 Å². The van der Waals surface area contributed by atoms with Gasteiger partial charge in [-0.3, -0.25) is 14.4 Å². The van der Waals surface area contributed by atoms with Crippen molar-refractivity contribution < 1.29 is 28.6 Å². The van der Waals surface area contributed by atoms with Crippen LogP contribution in [0.3, 0.4) is 0 Å². The molecule has 2 heterocycles. The van der Waals surface area contributed by atoms with Crippen LogP contribution in [-0.2, 0) is 28.6 Å². The van der Waals surface area contributed by atoms with Crippen LogP contribution in [-0.4, -0.2) is 56.8 Å². The van der Waals surface area contributed by atoms with Gasteiger partial charge in [0.25, 0.3) is 0 Å². The molecule has 2 aromatic rings. The maximum atomic E-state index is 11.6. The van der Waals surface area contributed by atoms with Gasteiger partial charge in [-0.1, -0.05) is 11.8 Å². The van der Waals surface area contributed by atoms with Crippen molar-refractivity contribution in [3.05, 3.63) is 11.9 Å². The molecule has 28 heavy (non-hydrogen) atoms. The summed E-state index contributed by atoms with van der Waals surface area (Å²) in [5, 5.41) is 0.427. The zero-order valence-electron chi connectivity index (χ0n) is 15.7. The average Bonchev–Trinajstić information content (AvgIpc) is 2.62. The fraction of sp³-hybridized carbons (Fsp3) is 0.438. The van der Waals surface area contributed by atoms with Crippen LogP contribution in [0.25, 0.3) is 11.2 Å². The Morgan fingerprint density at radius 2 is 1.75 bits per heavy atom. The SMILES string of the molecule is CSc1nc(N)c2nc(C(OC(C)=O)C(COC(C)=O)OC(C)=O)cnc2n1. The van der Waals surface area contributed by atoms with E-state index in [2.05, 4.69) is 19.9 Å². The number of nitrogens with two attached hydrogens (primary N) is 1. The number of ether oxygens (including phenoxy) is 3. The Morgan fingerprint density at radius 3 is 2.32 bits per heavy atom. The van der Waals surface area contributed by atoms with Crippen molar-refractivity contribution in [2.24, 2.45) is 0 Å². The van der Waals surface area contributed by atoms with E-state index in [1.807, 2.05) is 0 Å². The van der Waals surface area contributed by atoms with E-state index in [1.165, 1.54) is 38.7 Å². The molecule has 0 fully saturated rings. The highest BCUT2D eigenvalue weighted by molar-refractivity contribution is 7.98. The smallest absolute Gasteiger partial charge is 0.303 e. The van der Waals surface area contributed by atoms with Crippen LogP contribution in [0.2, 0.25) is 0 Å². The Morgan fingerprint density at radius 1 is 1.07 bits per heavy atom. The van der Waals surface area contributed by atoms with Crippen molar-refractivity contribution in [1.82, 2.24) is 19.9 Å². The zero-order chi connectivity index (χ0) is 20.8. The first-order valence-electron chi connectivity index (χ1n) is 8.03. The van der Waals surface area contributed by atoms with E-state index in [4.69, 9.17) is 19.9 Å². The fourth-order valence-electron chi connectivity index (χ4n) is 2.25. The Bertz CT molecular complexity index is 908. The van der Waals surface area contributed by atoms with Crippen molar-refractivity contribution in [3.8, 4) is 0 Å². The number of fused-ring (bicyclic) bond motifs is 1. The van der Waals surface area contributed by atoms with Gasteiger partial charge < -0.3 is 19.9 Å². The highest BCUT2D eigenvalue weighted by Gasteiger charge is 2.32. The highest BCUT2D eigenvalue weighted by Crippen LogP contribution is 2.26. The normalized spacial score (nSPS) is 12.9. The molecule has 0 aliphatic carbocycles. The summed E-state index contributed by atoms with van der Waals surface area (Å²) in [6.07, 6.45) is 0.788. The second-order valence-electron chi connectivity index (χ2n) is 5.54. The molecular weight excluding hydrogens is 390 g/mol. The van der Waals surface area contributed by atoms with Crippen LogP contribution < -0.4 is 5.73 Å². The lowest BCUT2D eigenvalue weighted by molar-refractivity contribution is -0.174. The fourth-order valence-corrected chi connectivity index (χ4v) is 2.62. The first kappa shape index (κ1) is 21.3. The van der Waals surface area contributed by atoms with Gasteiger partial charge in [0.05, 0.1) is 6.20 Å². The molecule has 0 aromatic carbocycles. The van der Waals surface area contributed by atoms with Crippen LogP contribution in [0.15, 0.2) is 11.4 Å². The molecule has 0 aliphatic rings. The van der Waals surface area contributed by atoms with Crippen LogP contribution >= 0.6 is 11.8 Å². The number of hydrogen-bond acceptors (Lipinski definition) is 12. The number of rotatable bonds is 7. The third-order valence-corrected chi connectivity index (χ3v) is 3.85. The van der Waals surface area contributed by atoms with Gasteiger partial charge in [-0.25, -0.2) is 19.9 Å². The van der Waals surface area contributed by atoms with E-state index >= 15 is 0 Å². The number of nitrogens with zero attached hydrogens (tertiary/aromatic N) is 4. The molecule has 0 saturated carbocycles. The minimum absolute atomic E-state index is 0.0919. The van der Waals surface area contributed by atoms with Gasteiger partial charge in [-0.2, -0.15) is 0 Å². The summed E-state index contributed by atoms with van der Waals surface area (Å²) in [4.78, 5) is 51.1. The van der Waals surface area contributed by atoms with Crippen molar-refractivity contribution >= 4 is 46.7 Å². The molecule has 11 nitrogen and oxygen atoms in total. The molecule has 0 amide bonds. The van der Waals surface area contributed by atoms with Crippen LogP contribution in [0.5, 0.6) is 0 Å². The summed E-state index contributed by atoms with van der Waals surface area (Å²) in [5.41, 5.74) is 6.51. The maximum absolute atomic E-state index is 11.6. The minimum atomic E-state index is -1.18.